The predicted octanol–water partition coefficient (Wildman–Crippen LogP) is 4.32. The van der Waals surface area contributed by atoms with E-state index < -0.39 is 5.51 Å². The van der Waals surface area contributed by atoms with Gasteiger partial charge in [0.15, 0.2) is 0 Å². The Labute approximate surface area is 199 Å². The van der Waals surface area contributed by atoms with Gasteiger partial charge in [-0.15, -0.1) is 0 Å². The third-order valence-electron chi connectivity index (χ3n) is 4.88. The summed E-state index contributed by atoms with van der Waals surface area (Å²) in [5, 5.41) is 13.0. The number of carbonyl (C=O) groups excluding carboxylic acids is 1. The average molecular weight is 495 g/mol. The molecule has 2 aromatic heterocycles. The van der Waals surface area contributed by atoms with Gasteiger partial charge in [-0.1, -0.05) is 19.1 Å². The molecule has 0 aliphatic carbocycles. The summed E-state index contributed by atoms with van der Waals surface area (Å²) >= 11 is -0.350. The lowest BCUT2D eigenvalue weighted by molar-refractivity contribution is -0.0350. The van der Waals surface area contributed by atoms with Crippen molar-refractivity contribution in [3.05, 3.63) is 59.5 Å². The van der Waals surface area contributed by atoms with Crippen LogP contribution in [-0.2, 0) is 13.0 Å². The van der Waals surface area contributed by atoms with Crippen molar-refractivity contribution in [1.82, 2.24) is 19.0 Å². The molecule has 0 aliphatic rings. The summed E-state index contributed by atoms with van der Waals surface area (Å²) in [6, 6.07) is 10.8. The Hall–Kier alpha value is -3.41. The van der Waals surface area contributed by atoms with E-state index in [9.17, 15) is 18.0 Å². The molecule has 3 aromatic rings. The molecular weight excluding hydrogens is 469 g/mol. The topological polar surface area (TPSA) is 94.8 Å². The lowest BCUT2D eigenvalue weighted by atomic mass is 10.2. The van der Waals surface area contributed by atoms with Gasteiger partial charge >= 0.3 is 5.51 Å². The van der Waals surface area contributed by atoms with Crippen molar-refractivity contribution in [2.45, 2.75) is 25.4 Å². The number of nitrogens with zero attached hydrogens (tertiary/aromatic N) is 3. The molecule has 0 atom stereocenters. The number of halogens is 3. The molecule has 2 heterocycles. The van der Waals surface area contributed by atoms with E-state index in [1.54, 1.807) is 42.0 Å². The fourth-order valence-electron chi connectivity index (χ4n) is 3.27. The SMILES string of the molecule is CCc1nc2ccc(OC)cn2c1C(=O)NCc1ccc(NCCN(C=N)SC(F)(F)F)cc1. The van der Waals surface area contributed by atoms with Crippen molar-refractivity contribution in [2.24, 2.45) is 0 Å². The number of carbonyl (C=O) groups is 1. The first-order valence-corrected chi connectivity index (χ1v) is 11.2. The van der Waals surface area contributed by atoms with Gasteiger partial charge in [-0.2, -0.15) is 13.2 Å². The summed E-state index contributed by atoms with van der Waals surface area (Å²) in [6.07, 6.45) is 2.98. The van der Waals surface area contributed by atoms with Crippen molar-refractivity contribution >= 4 is 35.5 Å². The maximum Gasteiger partial charge on any atom is 0.461 e. The van der Waals surface area contributed by atoms with Crippen molar-refractivity contribution in [3.8, 4) is 5.75 Å². The maximum absolute atomic E-state index is 12.9. The van der Waals surface area contributed by atoms with Crippen LogP contribution in [0.5, 0.6) is 5.75 Å². The summed E-state index contributed by atoms with van der Waals surface area (Å²) in [7, 11) is 1.56. The molecule has 8 nitrogen and oxygen atoms in total. The van der Waals surface area contributed by atoms with Crippen LogP contribution in [-0.4, -0.2) is 51.6 Å². The number of hydrogen-bond donors (Lipinski definition) is 3. The minimum absolute atomic E-state index is 0.00926. The van der Waals surface area contributed by atoms with E-state index in [2.05, 4.69) is 15.6 Å². The Balaban J connectivity index is 1.57. The van der Waals surface area contributed by atoms with Gasteiger partial charge in [0.05, 0.1) is 37.3 Å². The summed E-state index contributed by atoms with van der Waals surface area (Å²) < 4.78 is 45.0. The monoisotopic (exact) mass is 494 g/mol. The number of methoxy groups -OCH3 is 1. The van der Waals surface area contributed by atoms with Crippen LogP contribution in [0.15, 0.2) is 42.6 Å². The zero-order chi connectivity index (χ0) is 24.7. The Kier molecular flexibility index (Phi) is 8.26. The Morgan fingerprint density at radius 1 is 1.26 bits per heavy atom. The number of hydrogen-bond acceptors (Lipinski definition) is 6. The number of pyridine rings is 1. The van der Waals surface area contributed by atoms with Gasteiger partial charge in [-0.05, 0) is 36.2 Å². The first-order valence-electron chi connectivity index (χ1n) is 10.4. The van der Waals surface area contributed by atoms with E-state index in [1.807, 2.05) is 19.1 Å². The predicted molar refractivity (Wildman–Crippen MR) is 126 cm³/mol. The van der Waals surface area contributed by atoms with Crippen LogP contribution >= 0.6 is 11.9 Å². The van der Waals surface area contributed by atoms with E-state index in [0.29, 0.717) is 42.1 Å². The van der Waals surface area contributed by atoms with Gasteiger partial charge in [0, 0.05) is 25.3 Å². The Bertz CT molecular complexity index is 1130. The second kappa shape index (κ2) is 11.1. The second-order valence-electron chi connectivity index (χ2n) is 7.17. The quantitative estimate of drug-likeness (QED) is 0.209. The number of rotatable bonds is 11. The zero-order valence-electron chi connectivity index (χ0n) is 18.6. The number of aromatic nitrogens is 2. The van der Waals surface area contributed by atoms with E-state index in [1.165, 1.54) is 0 Å². The maximum atomic E-state index is 12.9. The highest BCUT2D eigenvalue weighted by molar-refractivity contribution is 7.98. The molecule has 1 aromatic carbocycles. The summed E-state index contributed by atoms with van der Waals surface area (Å²) in [6.45, 7) is 2.47. The number of anilines is 1. The fourth-order valence-corrected chi connectivity index (χ4v) is 3.77. The van der Waals surface area contributed by atoms with Crippen LogP contribution in [0.3, 0.4) is 0 Å². The van der Waals surface area contributed by atoms with Crippen LogP contribution in [0.25, 0.3) is 5.65 Å². The molecule has 0 radical (unpaired) electrons. The summed E-state index contributed by atoms with van der Waals surface area (Å²) in [5.41, 5.74) is -1.04. The largest absolute Gasteiger partial charge is 0.495 e. The normalized spacial score (nSPS) is 11.3. The number of aryl methyl sites for hydroxylation is 1. The third kappa shape index (κ3) is 6.56. The Morgan fingerprint density at radius 3 is 2.62 bits per heavy atom. The van der Waals surface area contributed by atoms with Crippen LogP contribution in [0.1, 0.15) is 28.7 Å². The van der Waals surface area contributed by atoms with Gasteiger partial charge < -0.3 is 15.4 Å². The lowest BCUT2D eigenvalue weighted by Crippen LogP contribution is -2.25. The molecule has 3 rings (SSSR count). The minimum Gasteiger partial charge on any atom is -0.495 e. The molecule has 12 heteroatoms. The molecule has 182 valence electrons. The van der Waals surface area contributed by atoms with Crippen molar-refractivity contribution in [2.75, 3.05) is 25.5 Å². The Morgan fingerprint density at radius 2 is 2.00 bits per heavy atom. The third-order valence-corrected chi connectivity index (χ3v) is 5.61. The molecule has 3 N–H and O–H groups in total. The first-order chi connectivity index (χ1) is 16.2. The molecular formula is C22H25F3N6O2S. The van der Waals surface area contributed by atoms with Crippen molar-refractivity contribution in [1.29, 1.82) is 5.41 Å². The van der Waals surface area contributed by atoms with Crippen LogP contribution in [0.4, 0.5) is 18.9 Å². The molecule has 0 saturated carbocycles. The smallest absolute Gasteiger partial charge is 0.461 e. The van der Waals surface area contributed by atoms with E-state index in [0.717, 1.165) is 15.6 Å². The highest BCUT2D eigenvalue weighted by Gasteiger charge is 2.31. The first kappa shape index (κ1) is 25.2. The molecule has 0 bridgehead atoms. The van der Waals surface area contributed by atoms with Crippen LogP contribution < -0.4 is 15.4 Å². The molecule has 0 spiro atoms. The molecule has 34 heavy (non-hydrogen) atoms. The number of benzene rings is 1. The van der Waals surface area contributed by atoms with E-state index >= 15 is 0 Å². The second-order valence-corrected chi connectivity index (χ2v) is 8.29. The zero-order valence-corrected chi connectivity index (χ0v) is 19.5. The highest BCUT2D eigenvalue weighted by Crippen LogP contribution is 2.32. The van der Waals surface area contributed by atoms with Crippen LogP contribution in [0.2, 0.25) is 0 Å². The molecule has 0 aliphatic heterocycles. The summed E-state index contributed by atoms with van der Waals surface area (Å²) in [4.78, 5) is 17.5. The molecule has 0 fully saturated rings. The van der Waals surface area contributed by atoms with E-state index in [-0.39, 0.29) is 30.9 Å². The number of amides is 1. The fraction of sp³-hybridized carbons (Fsp3) is 0.318. The molecule has 0 unspecified atom stereocenters. The van der Waals surface area contributed by atoms with Gasteiger partial charge in [0.2, 0.25) is 0 Å². The van der Waals surface area contributed by atoms with Gasteiger partial charge in [-0.3, -0.25) is 18.9 Å². The van der Waals surface area contributed by atoms with Crippen molar-refractivity contribution in [3.63, 3.8) is 0 Å². The minimum atomic E-state index is -4.43. The average Bonchev–Trinajstić information content (AvgIpc) is 3.19. The number of fused-ring (bicyclic) bond motifs is 1. The standard InChI is InChI=1S/C22H25F3N6O2S/c1-3-18-20(31-13-17(33-2)8-9-19(31)29-18)21(32)28-12-15-4-6-16(7-5-15)27-10-11-30(14-26)34-22(23,24)25/h4-9,13-14,26-27H,3,10-12H2,1-2H3,(H,28,32). The van der Waals surface area contributed by atoms with Gasteiger partial charge in [0.25, 0.3) is 5.91 Å². The van der Waals surface area contributed by atoms with Gasteiger partial charge in [0.1, 0.15) is 17.1 Å². The van der Waals surface area contributed by atoms with Gasteiger partial charge in [-0.25, -0.2) is 4.98 Å². The highest BCUT2D eigenvalue weighted by atomic mass is 32.2. The number of imidazole rings is 1. The molecule has 0 saturated heterocycles. The lowest BCUT2D eigenvalue weighted by Gasteiger charge is -2.19. The number of nitrogens with one attached hydrogen (secondary N) is 3. The number of ether oxygens (including phenoxy) is 1. The van der Waals surface area contributed by atoms with Crippen molar-refractivity contribution < 1.29 is 22.7 Å². The molecule has 1 amide bonds. The van der Waals surface area contributed by atoms with E-state index in [4.69, 9.17) is 10.1 Å². The number of alkyl halides is 3. The summed E-state index contributed by atoms with van der Waals surface area (Å²) in [5.74, 6) is 0.360. The van der Waals surface area contributed by atoms with Crippen LogP contribution in [0, 0.1) is 5.41 Å².